The third kappa shape index (κ3) is 22.5. The number of ether oxygens (including phenoxy) is 1. The van der Waals surface area contributed by atoms with Crippen LogP contribution in [0.5, 0.6) is 0 Å². The molecule has 0 aromatic heterocycles. The molecule has 0 radical (unpaired) electrons. The van der Waals surface area contributed by atoms with Crippen LogP contribution in [0.3, 0.4) is 0 Å². The Hall–Kier alpha value is -2.14. The van der Waals surface area contributed by atoms with Gasteiger partial charge in [-0.3, -0.25) is 9.59 Å². The zero-order valence-electron chi connectivity index (χ0n) is 20.8. The molecule has 0 aliphatic carbocycles. The summed E-state index contributed by atoms with van der Waals surface area (Å²) in [5.41, 5.74) is 0. The van der Waals surface area contributed by atoms with E-state index in [2.05, 4.69) is 55.5 Å². The number of carboxylic acid groups (broad SMARTS) is 1. The molecular formula is C27H46NO4+. The number of carbonyl (C=O) groups excluding carboxylic acids is 1. The van der Waals surface area contributed by atoms with Crippen molar-refractivity contribution < 1.29 is 23.9 Å². The molecule has 1 N–H and O–H groups in total. The summed E-state index contributed by atoms with van der Waals surface area (Å²) >= 11 is 0. The SMILES string of the molecule is CCCCC/C=C\C/C=C\C/C=C\C/C=C\CCCC(=O)OC(CC(=O)O)C[N+](C)(C)C. The largest absolute Gasteiger partial charge is 0.481 e. The summed E-state index contributed by atoms with van der Waals surface area (Å²) in [6, 6.07) is 0. The number of hydrogen-bond donors (Lipinski definition) is 1. The van der Waals surface area contributed by atoms with E-state index in [4.69, 9.17) is 9.84 Å². The van der Waals surface area contributed by atoms with Crippen molar-refractivity contribution in [3.05, 3.63) is 48.6 Å². The van der Waals surface area contributed by atoms with Crippen LogP contribution in [0, 0.1) is 0 Å². The summed E-state index contributed by atoms with van der Waals surface area (Å²) in [6.45, 7) is 2.71. The summed E-state index contributed by atoms with van der Waals surface area (Å²) in [5.74, 6) is -1.27. The zero-order chi connectivity index (χ0) is 24.1. The van der Waals surface area contributed by atoms with Crippen LogP contribution in [0.4, 0.5) is 0 Å². The molecule has 0 spiro atoms. The fourth-order valence-corrected chi connectivity index (χ4v) is 3.12. The van der Waals surface area contributed by atoms with E-state index < -0.39 is 12.1 Å². The molecule has 0 saturated carbocycles. The van der Waals surface area contributed by atoms with Crippen LogP contribution >= 0.6 is 0 Å². The number of nitrogens with zero attached hydrogens (tertiary/aromatic N) is 1. The second-order valence-electron chi connectivity index (χ2n) is 9.16. The van der Waals surface area contributed by atoms with Crippen molar-refractivity contribution >= 4 is 11.9 Å². The summed E-state index contributed by atoms with van der Waals surface area (Å²) in [7, 11) is 5.85. The highest BCUT2D eigenvalue weighted by Crippen LogP contribution is 2.08. The molecule has 0 amide bonds. The number of unbranched alkanes of at least 4 members (excludes halogenated alkanes) is 4. The minimum atomic E-state index is -0.947. The normalized spacial score (nSPS) is 13.6. The molecule has 0 bridgehead atoms. The van der Waals surface area contributed by atoms with Crippen LogP contribution in [0.15, 0.2) is 48.6 Å². The summed E-state index contributed by atoms with van der Waals surface area (Å²) in [4.78, 5) is 23.0. The highest BCUT2D eigenvalue weighted by molar-refractivity contribution is 5.71. The van der Waals surface area contributed by atoms with Crippen LogP contribution in [0.2, 0.25) is 0 Å². The predicted molar refractivity (Wildman–Crippen MR) is 133 cm³/mol. The molecule has 5 nitrogen and oxygen atoms in total. The van der Waals surface area contributed by atoms with E-state index in [1.165, 1.54) is 25.7 Å². The number of quaternary nitrogens is 1. The number of carbonyl (C=O) groups is 2. The number of likely N-dealkylation sites (N-methyl/N-ethyl adjacent to an activating group) is 1. The van der Waals surface area contributed by atoms with Crippen molar-refractivity contribution in [2.75, 3.05) is 27.7 Å². The van der Waals surface area contributed by atoms with Crippen molar-refractivity contribution in [3.63, 3.8) is 0 Å². The topological polar surface area (TPSA) is 63.6 Å². The van der Waals surface area contributed by atoms with Gasteiger partial charge in [-0.05, 0) is 44.9 Å². The van der Waals surface area contributed by atoms with Crippen molar-refractivity contribution in [3.8, 4) is 0 Å². The van der Waals surface area contributed by atoms with Gasteiger partial charge in [0.25, 0.3) is 0 Å². The van der Waals surface area contributed by atoms with Gasteiger partial charge in [-0.25, -0.2) is 0 Å². The fourth-order valence-electron chi connectivity index (χ4n) is 3.12. The summed E-state index contributed by atoms with van der Waals surface area (Å²) in [6.07, 6.45) is 26.4. The first kappa shape index (κ1) is 29.9. The number of aliphatic carboxylic acids is 1. The van der Waals surface area contributed by atoms with Gasteiger partial charge in [0.15, 0.2) is 6.10 Å². The van der Waals surface area contributed by atoms with Crippen LogP contribution in [0.25, 0.3) is 0 Å². The van der Waals surface area contributed by atoms with Crippen LogP contribution in [0.1, 0.15) is 77.6 Å². The van der Waals surface area contributed by atoms with E-state index in [1.807, 2.05) is 21.1 Å². The molecule has 0 saturated heterocycles. The average Bonchev–Trinajstić information content (AvgIpc) is 2.68. The number of carboxylic acids is 1. The zero-order valence-corrected chi connectivity index (χ0v) is 20.8. The van der Waals surface area contributed by atoms with Crippen LogP contribution < -0.4 is 0 Å². The lowest BCUT2D eigenvalue weighted by Crippen LogP contribution is -2.43. The Morgan fingerprint density at radius 2 is 1.31 bits per heavy atom. The molecule has 1 atom stereocenters. The Morgan fingerprint density at radius 1 is 0.812 bits per heavy atom. The van der Waals surface area contributed by atoms with Crippen molar-refractivity contribution in [2.45, 2.75) is 83.7 Å². The monoisotopic (exact) mass is 448 g/mol. The first-order valence-electron chi connectivity index (χ1n) is 12.1. The fraction of sp³-hybridized carbons (Fsp3) is 0.630. The lowest BCUT2D eigenvalue weighted by Gasteiger charge is -2.28. The molecule has 1 unspecified atom stereocenters. The molecule has 0 aliphatic rings. The van der Waals surface area contributed by atoms with Gasteiger partial charge in [-0.15, -0.1) is 0 Å². The van der Waals surface area contributed by atoms with E-state index in [1.54, 1.807) is 0 Å². The minimum Gasteiger partial charge on any atom is -0.481 e. The van der Waals surface area contributed by atoms with Gasteiger partial charge >= 0.3 is 11.9 Å². The Balaban J connectivity index is 3.86. The highest BCUT2D eigenvalue weighted by Gasteiger charge is 2.24. The lowest BCUT2D eigenvalue weighted by atomic mass is 10.2. The van der Waals surface area contributed by atoms with Crippen molar-refractivity contribution in [1.29, 1.82) is 0 Å². The molecule has 182 valence electrons. The highest BCUT2D eigenvalue weighted by atomic mass is 16.5. The van der Waals surface area contributed by atoms with Gasteiger partial charge in [0, 0.05) is 6.42 Å². The molecule has 0 aromatic carbocycles. The maximum absolute atomic E-state index is 12.0. The number of allylic oxidation sites excluding steroid dienone is 8. The average molecular weight is 449 g/mol. The van der Waals surface area contributed by atoms with E-state index in [9.17, 15) is 9.59 Å². The molecule has 0 aromatic rings. The Morgan fingerprint density at radius 3 is 1.78 bits per heavy atom. The predicted octanol–water partition coefficient (Wildman–Crippen LogP) is 6.22. The van der Waals surface area contributed by atoms with Gasteiger partial charge in [-0.2, -0.15) is 0 Å². The third-order valence-corrected chi connectivity index (χ3v) is 4.66. The van der Waals surface area contributed by atoms with Gasteiger partial charge in [0.2, 0.25) is 0 Å². The molecule has 32 heavy (non-hydrogen) atoms. The lowest BCUT2D eigenvalue weighted by molar-refractivity contribution is -0.873. The number of esters is 1. The van der Waals surface area contributed by atoms with E-state index in [0.717, 1.165) is 25.7 Å². The standard InChI is InChI=1S/C27H45NO4/c1-5-6-7-8-9-10-11-12-13-14-15-16-17-18-19-20-21-22-27(31)32-25(23-26(29)30)24-28(2,3)4/h9-10,12-13,15-16,18-19,25H,5-8,11,14,17,20-24H2,1-4H3/p+1/b10-9-,13-12-,16-15-,19-18-. The van der Waals surface area contributed by atoms with E-state index >= 15 is 0 Å². The minimum absolute atomic E-state index is 0.154. The van der Waals surface area contributed by atoms with Gasteiger partial charge in [0.1, 0.15) is 6.54 Å². The molecule has 0 rings (SSSR count). The number of hydrogen-bond acceptors (Lipinski definition) is 3. The third-order valence-electron chi connectivity index (χ3n) is 4.66. The van der Waals surface area contributed by atoms with Crippen LogP contribution in [-0.4, -0.2) is 55.3 Å². The quantitative estimate of drug-likeness (QED) is 0.110. The molecule has 5 heteroatoms. The summed E-state index contributed by atoms with van der Waals surface area (Å²) < 4.78 is 5.93. The Labute approximate surface area is 196 Å². The second-order valence-corrected chi connectivity index (χ2v) is 9.16. The molecule has 0 fully saturated rings. The second kappa shape index (κ2) is 19.5. The molecular weight excluding hydrogens is 402 g/mol. The van der Waals surface area contributed by atoms with Crippen LogP contribution in [-0.2, 0) is 14.3 Å². The number of rotatable bonds is 19. The van der Waals surface area contributed by atoms with Crippen molar-refractivity contribution in [2.24, 2.45) is 0 Å². The first-order chi connectivity index (χ1) is 15.2. The smallest absolute Gasteiger partial charge is 0.307 e. The molecule has 0 heterocycles. The van der Waals surface area contributed by atoms with Crippen molar-refractivity contribution in [1.82, 2.24) is 0 Å². The van der Waals surface area contributed by atoms with Gasteiger partial charge in [-0.1, -0.05) is 68.4 Å². The maximum Gasteiger partial charge on any atom is 0.307 e. The van der Waals surface area contributed by atoms with Gasteiger partial charge < -0.3 is 14.3 Å². The van der Waals surface area contributed by atoms with Gasteiger partial charge in [0.05, 0.1) is 27.6 Å². The summed E-state index contributed by atoms with van der Waals surface area (Å²) in [5, 5.41) is 9.01. The molecule has 0 aliphatic heterocycles. The van der Waals surface area contributed by atoms with E-state index in [-0.39, 0.29) is 12.4 Å². The Kier molecular flexibility index (Phi) is 18.2. The maximum atomic E-state index is 12.0. The Bertz CT molecular complexity index is 612. The first-order valence-corrected chi connectivity index (χ1v) is 12.1. The van der Waals surface area contributed by atoms with E-state index in [0.29, 0.717) is 23.9 Å².